The van der Waals surface area contributed by atoms with Crippen molar-refractivity contribution in [2.24, 2.45) is 0 Å². The lowest BCUT2D eigenvalue weighted by Crippen LogP contribution is -2.46. The largest absolute Gasteiger partial charge is 0.380 e. The summed E-state index contributed by atoms with van der Waals surface area (Å²) >= 11 is 6.12. The molecule has 1 aliphatic heterocycles. The van der Waals surface area contributed by atoms with Crippen LogP contribution in [0.1, 0.15) is 37.8 Å². The van der Waals surface area contributed by atoms with Crippen LogP contribution < -0.4 is 5.32 Å². The van der Waals surface area contributed by atoms with Crippen molar-refractivity contribution in [1.82, 2.24) is 4.90 Å². The Labute approximate surface area is 174 Å². The molecule has 2 aromatic rings. The average Bonchev–Trinajstić information content (AvgIpc) is 2.99. The molecule has 29 heavy (non-hydrogen) atoms. The number of nitrogens with one attached hydrogen (secondary N) is 1. The quantitative estimate of drug-likeness (QED) is 0.726. The highest BCUT2D eigenvalue weighted by molar-refractivity contribution is 6.32. The first-order chi connectivity index (χ1) is 13.8. The van der Waals surface area contributed by atoms with Crippen molar-refractivity contribution in [2.45, 2.75) is 51.2 Å². The molecule has 1 amide bonds. The molecule has 0 spiro atoms. The molecular formula is C22H22ClF2N3O. The smallest absolute Gasteiger partial charge is 0.225 e. The maximum atomic E-state index is 14.3. The Morgan fingerprint density at radius 2 is 2.10 bits per heavy atom. The molecule has 0 saturated carbocycles. The number of carbonyl (C=O) groups excluding carboxylic acids is 1. The monoisotopic (exact) mass is 417 g/mol. The molecule has 3 rings (SSSR count). The lowest BCUT2D eigenvalue weighted by Gasteiger charge is -2.33. The van der Waals surface area contributed by atoms with Crippen LogP contribution in [-0.2, 0) is 11.2 Å². The number of benzene rings is 2. The van der Waals surface area contributed by atoms with Crippen molar-refractivity contribution in [2.75, 3.05) is 5.32 Å². The van der Waals surface area contributed by atoms with E-state index >= 15 is 0 Å². The minimum atomic E-state index is -0.898. The van der Waals surface area contributed by atoms with Crippen LogP contribution in [0, 0.1) is 23.0 Å². The molecule has 2 aromatic carbocycles. The molecule has 1 saturated heterocycles. The van der Waals surface area contributed by atoms with Gasteiger partial charge in [-0.2, -0.15) is 5.26 Å². The third kappa shape index (κ3) is 4.35. The summed E-state index contributed by atoms with van der Waals surface area (Å²) in [5.41, 5.74) is 1.27. The number of likely N-dealkylation sites (tertiary alicyclic amines) is 1. The predicted molar refractivity (Wildman–Crippen MR) is 109 cm³/mol. The average molecular weight is 418 g/mol. The van der Waals surface area contributed by atoms with Gasteiger partial charge in [0, 0.05) is 18.2 Å². The van der Waals surface area contributed by atoms with Gasteiger partial charge in [-0.15, -0.1) is 0 Å². The molecule has 0 bridgehead atoms. The molecule has 1 heterocycles. The van der Waals surface area contributed by atoms with E-state index in [-0.39, 0.29) is 42.4 Å². The van der Waals surface area contributed by atoms with Crippen LogP contribution in [0.3, 0.4) is 0 Å². The summed E-state index contributed by atoms with van der Waals surface area (Å²) in [5.74, 6) is -1.81. The van der Waals surface area contributed by atoms with Crippen molar-refractivity contribution in [1.29, 1.82) is 5.26 Å². The van der Waals surface area contributed by atoms with E-state index in [4.69, 9.17) is 16.9 Å². The molecule has 7 heteroatoms. The van der Waals surface area contributed by atoms with Crippen LogP contribution in [-0.4, -0.2) is 28.9 Å². The highest BCUT2D eigenvalue weighted by atomic mass is 35.5. The predicted octanol–water partition coefficient (Wildman–Crippen LogP) is 4.91. The first-order valence-electron chi connectivity index (χ1n) is 9.56. The van der Waals surface area contributed by atoms with Crippen LogP contribution in [0.25, 0.3) is 0 Å². The molecular weight excluding hydrogens is 396 g/mol. The number of nitrogens with zero attached hydrogens (tertiary/aromatic N) is 2. The molecule has 1 fully saturated rings. The first-order valence-corrected chi connectivity index (χ1v) is 9.93. The van der Waals surface area contributed by atoms with Gasteiger partial charge in [-0.25, -0.2) is 8.78 Å². The summed E-state index contributed by atoms with van der Waals surface area (Å²) < 4.78 is 28.0. The van der Waals surface area contributed by atoms with Crippen molar-refractivity contribution < 1.29 is 13.6 Å². The van der Waals surface area contributed by atoms with Gasteiger partial charge in [0.1, 0.15) is 6.07 Å². The number of halogens is 3. The fraction of sp³-hybridized carbons (Fsp3) is 0.364. The van der Waals surface area contributed by atoms with Crippen molar-refractivity contribution in [3.63, 3.8) is 0 Å². The van der Waals surface area contributed by atoms with Crippen molar-refractivity contribution >= 4 is 23.2 Å². The highest BCUT2D eigenvalue weighted by Gasteiger charge is 2.42. The molecule has 1 N–H and O–H groups in total. The summed E-state index contributed by atoms with van der Waals surface area (Å²) in [4.78, 5) is 14.5. The molecule has 2 unspecified atom stereocenters. The van der Waals surface area contributed by atoms with Crippen molar-refractivity contribution in [3.8, 4) is 6.07 Å². The SMILES string of the molecule is CCC(C)N1C(=O)C[C@H](Nc2ccc(C#N)c(Cl)c2)C1Cc1cccc(F)c1F. The standard InChI is InChI=1S/C22H22ClF2N3O/c1-3-13(2)28-20(9-14-5-4-6-18(24)22(14)25)19(11-21(28)29)27-16-8-7-15(12-26)17(23)10-16/h4-8,10,13,19-20,27H,3,9,11H2,1-2H3/t13?,19-,20?/m0/s1. The van der Waals surface area contributed by atoms with E-state index in [0.717, 1.165) is 12.5 Å². The van der Waals surface area contributed by atoms with E-state index in [1.54, 1.807) is 29.2 Å². The molecule has 0 aliphatic carbocycles. The second-order valence-electron chi connectivity index (χ2n) is 7.30. The highest BCUT2D eigenvalue weighted by Crippen LogP contribution is 2.31. The second kappa shape index (κ2) is 8.79. The van der Waals surface area contributed by atoms with Gasteiger partial charge in [0.25, 0.3) is 0 Å². The molecule has 152 valence electrons. The summed E-state index contributed by atoms with van der Waals surface area (Å²) in [6.07, 6.45) is 1.19. The van der Waals surface area contributed by atoms with E-state index in [1.807, 2.05) is 19.9 Å². The van der Waals surface area contributed by atoms with E-state index in [1.165, 1.54) is 6.07 Å². The van der Waals surface area contributed by atoms with Gasteiger partial charge in [0.2, 0.25) is 5.91 Å². The van der Waals surface area contributed by atoms with E-state index < -0.39 is 11.6 Å². The zero-order chi connectivity index (χ0) is 21.1. The van der Waals surface area contributed by atoms with E-state index in [0.29, 0.717) is 16.3 Å². The van der Waals surface area contributed by atoms with Crippen LogP contribution >= 0.6 is 11.6 Å². The van der Waals surface area contributed by atoms with Gasteiger partial charge in [-0.3, -0.25) is 4.79 Å². The minimum Gasteiger partial charge on any atom is -0.380 e. The molecule has 0 radical (unpaired) electrons. The maximum Gasteiger partial charge on any atom is 0.225 e. The van der Waals surface area contributed by atoms with Gasteiger partial charge in [0.15, 0.2) is 11.6 Å². The topological polar surface area (TPSA) is 56.1 Å². The Bertz CT molecular complexity index is 960. The Kier molecular flexibility index (Phi) is 6.39. The Morgan fingerprint density at radius 3 is 2.76 bits per heavy atom. The maximum absolute atomic E-state index is 14.3. The zero-order valence-electron chi connectivity index (χ0n) is 16.3. The number of anilines is 1. The third-order valence-electron chi connectivity index (χ3n) is 5.47. The Morgan fingerprint density at radius 1 is 1.34 bits per heavy atom. The van der Waals surface area contributed by atoms with Gasteiger partial charge in [-0.1, -0.05) is 30.7 Å². The molecule has 0 aromatic heterocycles. The zero-order valence-corrected chi connectivity index (χ0v) is 17.0. The number of hydrogen-bond donors (Lipinski definition) is 1. The Hall–Kier alpha value is -2.65. The van der Waals surface area contributed by atoms with Crippen LogP contribution in [0.2, 0.25) is 5.02 Å². The second-order valence-corrected chi connectivity index (χ2v) is 7.71. The van der Waals surface area contributed by atoms with Gasteiger partial charge >= 0.3 is 0 Å². The van der Waals surface area contributed by atoms with E-state index in [9.17, 15) is 13.6 Å². The van der Waals surface area contributed by atoms with Gasteiger partial charge < -0.3 is 10.2 Å². The number of hydrogen-bond acceptors (Lipinski definition) is 3. The number of carbonyl (C=O) groups is 1. The first kappa shape index (κ1) is 21.1. The van der Waals surface area contributed by atoms with E-state index in [2.05, 4.69) is 5.32 Å². The fourth-order valence-electron chi connectivity index (χ4n) is 3.81. The van der Waals surface area contributed by atoms with Gasteiger partial charge in [-0.05, 0) is 49.6 Å². The molecule has 3 atom stereocenters. The summed E-state index contributed by atoms with van der Waals surface area (Å²) in [6.45, 7) is 3.94. The lowest BCUT2D eigenvalue weighted by atomic mass is 9.98. The number of nitriles is 1. The minimum absolute atomic E-state index is 0.0273. The van der Waals surface area contributed by atoms with Crippen LogP contribution in [0.5, 0.6) is 0 Å². The molecule has 4 nitrogen and oxygen atoms in total. The Balaban J connectivity index is 1.91. The molecule has 1 aliphatic rings. The fourth-order valence-corrected chi connectivity index (χ4v) is 4.03. The van der Waals surface area contributed by atoms with Crippen molar-refractivity contribution in [3.05, 3.63) is 64.2 Å². The summed E-state index contributed by atoms with van der Waals surface area (Å²) in [5, 5.41) is 12.7. The number of rotatable bonds is 6. The lowest BCUT2D eigenvalue weighted by molar-refractivity contribution is -0.130. The summed E-state index contributed by atoms with van der Waals surface area (Å²) in [7, 11) is 0. The van der Waals surface area contributed by atoms with Crippen LogP contribution in [0.15, 0.2) is 36.4 Å². The van der Waals surface area contributed by atoms with Crippen LogP contribution in [0.4, 0.5) is 14.5 Å². The van der Waals surface area contributed by atoms with Gasteiger partial charge in [0.05, 0.1) is 22.7 Å². The number of amides is 1. The normalized spacial score (nSPS) is 19.9. The summed E-state index contributed by atoms with van der Waals surface area (Å²) in [6, 6.07) is 10.4. The third-order valence-corrected chi connectivity index (χ3v) is 5.78.